The molecule has 0 aromatic heterocycles. The number of rotatable bonds is 5. The van der Waals surface area contributed by atoms with E-state index in [-0.39, 0.29) is 17.3 Å². The van der Waals surface area contributed by atoms with Gasteiger partial charge in [0.2, 0.25) is 0 Å². The second kappa shape index (κ2) is 7.47. The fourth-order valence-corrected chi connectivity index (χ4v) is 2.86. The van der Waals surface area contributed by atoms with Gasteiger partial charge >= 0.3 is 5.97 Å². The van der Waals surface area contributed by atoms with Crippen molar-refractivity contribution in [3.05, 3.63) is 35.4 Å². The maximum Gasteiger partial charge on any atom is 0.311 e. The number of esters is 1. The van der Waals surface area contributed by atoms with Crippen molar-refractivity contribution in [1.82, 2.24) is 0 Å². The fraction of sp³-hybridized carbons (Fsp3) is 0.529. The average molecular weight is 310 g/mol. The number of benzene rings is 1. The van der Waals surface area contributed by atoms with Gasteiger partial charge in [-0.3, -0.25) is 9.59 Å². The number of hydrogen-bond acceptors (Lipinski definition) is 3. The summed E-state index contributed by atoms with van der Waals surface area (Å²) in [7, 11) is 0. The highest BCUT2D eigenvalue weighted by Crippen LogP contribution is 2.26. The van der Waals surface area contributed by atoms with Gasteiger partial charge in [0, 0.05) is 11.5 Å². The zero-order valence-corrected chi connectivity index (χ0v) is 12.6. The minimum absolute atomic E-state index is 0.0678. The number of ketones is 1. The summed E-state index contributed by atoms with van der Waals surface area (Å²) in [6.45, 7) is 1.52. The van der Waals surface area contributed by atoms with Crippen LogP contribution in [-0.2, 0) is 20.7 Å². The van der Waals surface area contributed by atoms with Crippen molar-refractivity contribution in [2.45, 2.75) is 51.6 Å². The van der Waals surface area contributed by atoms with Crippen molar-refractivity contribution >= 4 is 11.8 Å². The van der Waals surface area contributed by atoms with E-state index in [4.69, 9.17) is 4.74 Å². The van der Waals surface area contributed by atoms with Crippen LogP contribution in [0.2, 0.25) is 0 Å². The second-order valence-electron chi connectivity index (χ2n) is 5.75. The van der Waals surface area contributed by atoms with Crippen LogP contribution >= 0.6 is 0 Å². The topological polar surface area (TPSA) is 43.4 Å². The standard InChI is InChI=1S/C17H20F2O3/c1-11(17(21)12-6-3-2-4-7-12)22-16(20)10-13-14(18)8-5-9-15(13)19/h5,8-9,11-12H,2-4,6-7,10H2,1H3. The van der Waals surface area contributed by atoms with Crippen molar-refractivity contribution in [3.63, 3.8) is 0 Å². The number of ether oxygens (including phenoxy) is 1. The number of carbonyl (C=O) groups is 2. The van der Waals surface area contributed by atoms with E-state index in [9.17, 15) is 18.4 Å². The van der Waals surface area contributed by atoms with Crippen LogP contribution in [0.4, 0.5) is 8.78 Å². The summed E-state index contributed by atoms with van der Waals surface area (Å²) in [5.74, 6) is -2.53. The molecular weight excluding hydrogens is 290 g/mol. The van der Waals surface area contributed by atoms with E-state index in [1.54, 1.807) is 0 Å². The lowest BCUT2D eigenvalue weighted by Crippen LogP contribution is -2.32. The first kappa shape index (κ1) is 16.6. The molecule has 1 aromatic rings. The fourth-order valence-electron chi connectivity index (χ4n) is 2.86. The third kappa shape index (κ3) is 4.12. The van der Waals surface area contributed by atoms with Gasteiger partial charge in [0.1, 0.15) is 11.6 Å². The smallest absolute Gasteiger partial charge is 0.311 e. The van der Waals surface area contributed by atoms with Crippen molar-refractivity contribution in [1.29, 1.82) is 0 Å². The van der Waals surface area contributed by atoms with Crippen LogP contribution in [-0.4, -0.2) is 17.9 Å². The Hall–Kier alpha value is -1.78. The van der Waals surface area contributed by atoms with Gasteiger partial charge in [-0.15, -0.1) is 0 Å². The largest absolute Gasteiger partial charge is 0.454 e. The van der Waals surface area contributed by atoms with Crippen LogP contribution in [0.25, 0.3) is 0 Å². The van der Waals surface area contributed by atoms with Gasteiger partial charge in [0.15, 0.2) is 11.9 Å². The van der Waals surface area contributed by atoms with Gasteiger partial charge in [-0.1, -0.05) is 25.3 Å². The summed E-state index contributed by atoms with van der Waals surface area (Å²) in [5.41, 5.74) is -0.329. The molecule has 120 valence electrons. The lowest BCUT2D eigenvalue weighted by Gasteiger charge is -2.23. The van der Waals surface area contributed by atoms with Gasteiger partial charge in [-0.05, 0) is 31.9 Å². The molecule has 0 spiro atoms. The Labute approximate surface area is 128 Å². The number of carbonyl (C=O) groups excluding carboxylic acids is 2. The second-order valence-corrected chi connectivity index (χ2v) is 5.75. The van der Waals surface area contributed by atoms with E-state index in [0.29, 0.717) is 0 Å². The molecule has 0 amide bonds. The maximum atomic E-state index is 13.5. The number of Topliss-reactive ketones (excluding diaryl/α,β-unsaturated/α-hetero) is 1. The lowest BCUT2D eigenvalue weighted by molar-refractivity contribution is -0.155. The first-order valence-corrected chi connectivity index (χ1v) is 7.65. The van der Waals surface area contributed by atoms with E-state index in [2.05, 4.69) is 0 Å². The average Bonchev–Trinajstić information content (AvgIpc) is 2.51. The zero-order valence-electron chi connectivity index (χ0n) is 12.6. The van der Waals surface area contributed by atoms with Crippen molar-refractivity contribution in [2.75, 3.05) is 0 Å². The van der Waals surface area contributed by atoms with E-state index in [1.165, 1.54) is 13.0 Å². The quantitative estimate of drug-likeness (QED) is 0.781. The number of halogens is 2. The van der Waals surface area contributed by atoms with Crippen LogP contribution in [0.5, 0.6) is 0 Å². The Morgan fingerprint density at radius 2 is 1.77 bits per heavy atom. The monoisotopic (exact) mass is 310 g/mol. The molecule has 22 heavy (non-hydrogen) atoms. The SMILES string of the molecule is CC(OC(=O)Cc1c(F)cccc1F)C(=O)C1CCCCC1. The third-order valence-electron chi connectivity index (χ3n) is 4.10. The molecular formula is C17H20F2O3. The first-order chi connectivity index (χ1) is 10.5. The molecule has 1 aromatic carbocycles. The van der Waals surface area contributed by atoms with Crippen molar-refractivity contribution < 1.29 is 23.1 Å². The Bertz CT molecular complexity index is 531. The molecule has 1 saturated carbocycles. The highest BCUT2D eigenvalue weighted by Gasteiger charge is 2.28. The minimum atomic E-state index is -0.870. The molecule has 3 nitrogen and oxygen atoms in total. The highest BCUT2D eigenvalue weighted by molar-refractivity contribution is 5.87. The number of hydrogen-bond donors (Lipinski definition) is 0. The van der Waals surface area contributed by atoms with Gasteiger partial charge in [-0.25, -0.2) is 8.78 Å². The molecule has 0 saturated heterocycles. The minimum Gasteiger partial charge on any atom is -0.454 e. The van der Waals surface area contributed by atoms with E-state index in [0.717, 1.165) is 44.2 Å². The molecule has 1 unspecified atom stereocenters. The molecule has 0 aliphatic heterocycles. The van der Waals surface area contributed by atoms with E-state index < -0.39 is 30.1 Å². The molecule has 1 atom stereocenters. The zero-order chi connectivity index (χ0) is 16.1. The Morgan fingerprint density at radius 3 is 2.36 bits per heavy atom. The molecule has 2 rings (SSSR count). The summed E-state index contributed by atoms with van der Waals surface area (Å²) >= 11 is 0. The molecule has 0 N–H and O–H groups in total. The third-order valence-corrected chi connectivity index (χ3v) is 4.10. The van der Waals surface area contributed by atoms with E-state index >= 15 is 0 Å². The molecule has 5 heteroatoms. The van der Waals surface area contributed by atoms with Crippen LogP contribution in [0.1, 0.15) is 44.6 Å². The van der Waals surface area contributed by atoms with Crippen LogP contribution in [0, 0.1) is 17.6 Å². The molecule has 1 aliphatic rings. The summed E-state index contributed by atoms with van der Waals surface area (Å²) in [5, 5.41) is 0. The van der Waals surface area contributed by atoms with Crippen LogP contribution in [0.15, 0.2) is 18.2 Å². The summed E-state index contributed by atoms with van der Waals surface area (Å²) < 4.78 is 32.0. The maximum absolute atomic E-state index is 13.5. The Morgan fingerprint density at radius 1 is 1.18 bits per heavy atom. The summed E-state index contributed by atoms with van der Waals surface area (Å²) in [6.07, 6.45) is 3.41. The molecule has 0 radical (unpaired) electrons. The highest BCUT2D eigenvalue weighted by atomic mass is 19.1. The van der Waals surface area contributed by atoms with Crippen molar-refractivity contribution in [3.8, 4) is 0 Å². The molecule has 0 bridgehead atoms. The molecule has 0 heterocycles. The van der Waals surface area contributed by atoms with E-state index in [1.807, 2.05) is 0 Å². The van der Waals surface area contributed by atoms with Crippen molar-refractivity contribution in [2.24, 2.45) is 5.92 Å². The Balaban J connectivity index is 1.92. The Kier molecular flexibility index (Phi) is 5.63. The van der Waals surface area contributed by atoms with Crippen LogP contribution < -0.4 is 0 Å². The predicted octanol–water partition coefficient (Wildman–Crippen LogP) is 3.59. The van der Waals surface area contributed by atoms with Crippen LogP contribution in [0.3, 0.4) is 0 Å². The summed E-state index contributed by atoms with van der Waals surface area (Å²) in [4.78, 5) is 24.0. The predicted molar refractivity (Wildman–Crippen MR) is 77.2 cm³/mol. The van der Waals surface area contributed by atoms with Gasteiger partial charge < -0.3 is 4.74 Å². The van der Waals surface area contributed by atoms with Gasteiger partial charge in [0.25, 0.3) is 0 Å². The molecule has 1 fully saturated rings. The lowest BCUT2D eigenvalue weighted by atomic mass is 9.85. The van der Waals surface area contributed by atoms with Gasteiger partial charge in [-0.2, -0.15) is 0 Å². The summed E-state index contributed by atoms with van der Waals surface area (Å²) in [6, 6.07) is 3.40. The first-order valence-electron chi connectivity index (χ1n) is 7.65. The normalized spacial score (nSPS) is 17.0. The van der Waals surface area contributed by atoms with Gasteiger partial charge in [0.05, 0.1) is 6.42 Å². The molecule has 1 aliphatic carbocycles.